The van der Waals surface area contributed by atoms with E-state index < -0.39 is 0 Å². The zero-order chi connectivity index (χ0) is 19.9. The zero-order valence-corrected chi connectivity index (χ0v) is 19.7. The van der Waals surface area contributed by atoms with Crippen molar-refractivity contribution in [3.05, 3.63) is 24.2 Å². The van der Waals surface area contributed by atoms with Gasteiger partial charge in [-0.15, -0.1) is 24.0 Å². The number of carbonyl (C=O) groups is 1. The quantitative estimate of drug-likeness (QED) is 0.173. The molecular formula is C19H35IN4O4. The first-order valence-corrected chi connectivity index (χ1v) is 9.53. The highest BCUT2D eigenvalue weighted by Crippen LogP contribution is 2.04. The molecule has 1 amide bonds. The van der Waals surface area contributed by atoms with Crippen molar-refractivity contribution in [1.29, 1.82) is 0 Å². The van der Waals surface area contributed by atoms with Crippen LogP contribution < -0.4 is 16.0 Å². The largest absolute Gasteiger partial charge is 0.467 e. The van der Waals surface area contributed by atoms with Crippen LogP contribution in [0.4, 0.5) is 4.79 Å². The molecule has 162 valence electrons. The molecule has 1 unspecified atom stereocenters. The third-order valence-electron chi connectivity index (χ3n) is 3.68. The van der Waals surface area contributed by atoms with Crippen LogP contribution in [0, 0.1) is 5.92 Å². The minimum absolute atomic E-state index is 0. The van der Waals surface area contributed by atoms with E-state index in [-0.39, 0.29) is 36.1 Å². The second kappa shape index (κ2) is 16.5. The van der Waals surface area contributed by atoms with Gasteiger partial charge >= 0.3 is 6.09 Å². The number of carbonyl (C=O) groups excluding carboxylic acids is 1. The van der Waals surface area contributed by atoms with Gasteiger partial charge in [0, 0.05) is 32.8 Å². The molecule has 1 rings (SSSR count). The summed E-state index contributed by atoms with van der Waals surface area (Å²) in [6.07, 6.45) is 2.95. The Hall–Kier alpha value is -1.49. The number of alkyl carbamates (subject to hydrolysis) is 1. The average Bonchev–Trinajstić information content (AvgIpc) is 3.13. The standard InChI is InChI=1S/C19H34N4O4.HI/c1-5-26-19(24)23-16(12-15(2)3)13-22-18(20-4)21-9-7-10-25-14-17-8-6-11-27-17;/h6,8,11,15-16H,5,7,9-10,12-14H2,1-4H3,(H,23,24)(H2,20,21,22);1H. The van der Waals surface area contributed by atoms with E-state index in [4.69, 9.17) is 13.9 Å². The number of aliphatic imine (C=N–C) groups is 1. The Labute approximate surface area is 185 Å². The maximum atomic E-state index is 11.7. The molecule has 1 heterocycles. The summed E-state index contributed by atoms with van der Waals surface area (Å²) >= 11 is 0. The van der Waals surface area contributed by atoms with Crippen molar-refractivity contribution in [1.82, 2.24) is 16.0 Å². The highest BCUT2D eigenvalue weighted by molar-refractivity contribution is 14.0. The Balaban J connectivity index is 0.00000729. The summed E-state index contributed by atoms with van der Waals surface area (Å²) in [7, 11) is 1.72. The normalized spacial score (nSPS) is 12.2. The minimum Gasteiger partial charge on any atom is -0.467 e. The summed E-state index contributed by atoms with van der Waals surface area (Å²) in [5, 5.41) is 9.38. The molecule has 1 atom stereocenters. The maximum absolute atomic E-state index is 11.7. The lowest BCUT2D eigenvalue weighted by Gasteiger charge is -2.22. The molecule has 3 N–H and O–H groups in total. The molecule has 0 radical (unpaired) electrons. The fourth-order valence-corrected chi connectivity index (χ4v) is 2.49. The molecule has 0 saturated carbocycles. The van der Waals surface area contributed by atoms with E-state index in [1.165, 1.54) is 0 Å². The van der Waals surface area contributed by atoms with Crippen LogP contribution in [0.2, 0.25) is 0 Å². The number of nitrogens with one attached hydrogen (secondary N) is 3. The monoisotopic (exact) mass is 510 g/mol. The molecule has 0 aromatic carbocycles. The lowest BCUT2D eigenvalue weighted by molar-refractivity contribution is 0.105. The van der Waals surface area contributed by atoms with Gasteiger partial charge in [-0.05, 0) is 37.8 Å². The van der Waals surface area contributed by atoms with Crippen molar-refractivity contribution >= 4 is 36.0 Å². The Morgan fingerprint density at radius 2 is 2.11 bits per heavy atom. The van der Waals surface area contributed by atoms with Gasteiger partial charge in [0.05, 0.1) is 12.9 Å². The Morgan fingerprint density at radius 1 is 1.32 bits per heavy atom. The number of hydrogen-bond acceptors (Lipinski definition) is 5. The SMILES string of the molecule is CCOC(=O)NC(CNC(=NC)NCCCOCc1ccco1)CC(C)C.I. The van der Waals surface area contributed by atoms with Crippen molar-refractivity contribution in [3.8, 4) is 0 Å². The molecule has 28 heavy (non-hydrogen) atoms. The molecule has 0 saturated heterocycles. The summed E-state index contributed by atoms with van der Waals surface area (Å²) in [5.74, 6) is 1.98. The Bertz CT molecular complexity index is 538. The van der Waals surface area contributed by atoms with Gasteiger partial charge in [-0.3, -0.25) is 4.99 Å². The fraction of sp³-hybridized carbons (Fsp3) is 0.684. The van der Waals surface area contributed by atoms with Crippen LogP contribution in [-0.4, -0.2) is 51.4 Å². The van der Waals surface area contributed by atoms with E-state index in [1.807, 2.05) is 12.1 Å². The fourth-order valence-electron chi connectivity index (χ4n) is 2.49. The van der Waals surface area contributed by atoms with E-state index in [9.17, 15) is 4.79 Å². The first-order valence-electron chi connectivity index (χ1n) is 9.53. The molecule has 9 heteroatoms. The molecule has 0 aliphatic heterocycles. The predicted octanol–water partition coefficient (Wildman–Crippen LogP) is 3.13. The summed E-state index contributed by atoms with van der Waals surface area (Å²) in [6, 6.07) is 3.71. The minimum atomic E-state index is -0.387. The number of guanidine groups is 1. The first-order chi connectivity index (χ1) is 13.0. The lowest BCUT2D eigenvalue weighted by atomic mass is 10.0. The number of halogens is 1. The van der Waals surface area contributed by atoms with E-state index in [1.54, 1.807) is 20.2 Å². The van der Waals surface area contributed by atoms with Crippen molar-refractivity contribution in [2.24, 2.45) is 10.9 Å². The first kappa shape index (κ1) is 26.5. The van der Waals surface area contributed by atoms with Gasteiger partial charge in [-0.1, -0.05) is 13.8 Å². The van der Waals surface area contributed by atoms with Gasteiger partial charge in [-0.2, -0.15) is 0 Å². The highest BCUT2D eigenvalue weighted by Gasteiger charge is 2.15. The van der Waals surface area contributed by atoms with Crippen molar-refractivity contribution < 1.29 is 18.7 Å². The number of rotatable bonds is 12. The molecular weight excluding hydrogens is 475 g/mol. The van der Waals surface area contributed by atoms with Gasteiger partial charge in [0.1, 0.15) is 12.4 Å². The van der Waals surface area contributed by atoms with Crippen LogP contribution in [0.15, 0.2) is 27.8 Å². The molecule has 1 aromatic rings. The number of nitrogens with zero attached hydrogens (tertiary/aromatic N) is 1. The topological polar surface area (TPSA) is 97.1 Å². The number of hydrogen-bond donors (Lipinski definition) is 3. The van der Waals surface area contributed by atoms with Crippen LogP contribution in [-0.2, 0) is 16.1 Å². The maximum Gasteiger partial charge on any atom is 0.407 e. The summed E-state index contributed by atoms with van der Waals surface area (Å²) in [5.41, 5.74) is 0. The second-order valence-electron chi connectivity index (χ2n) is 6.56. The van der Waals surface area contributed by atoms with Crippen LogP contribution in [0.5, 0.6) is 0 Å². The van der Waals surface area contributed by atoms with Crippen LogP contribution in [0.3, 0.4) is 0 Å². The van der Waals surface area contributed by atoms with Gasteiger partial charge in [-0.25, -0.2) is 4.79 Å². The van der Waals surface area contributed by atoms with Crippen molar-refractivity contribution in [3.63, 3.8) is 0 Å². The molecule has 0 fully saturated rings. The second-order valence-corrected chi connectivity index (χ2v) is 6.56. The van der Waals surface area contributed by atoms with Gasteiger partial charge in [0.15, 0.2) is 5.96 Å². The van der Waals surface area contributed by atoms with Gasteiger partial charge < -0.3 is 29.8 Å². The Kier molecular flexibility index (Phi) is 15.6. The van der Waals surface area contributed by atoms with E-state index in [0.717, 1.165) is 25.1 Å². The van der Waals surface area contributed by atoms with Crippen molar-refractivity contribution in [2.45, 2.75) is 46.3 Å². The highest BCUT2D eigenvalue weighted by atomic mass is 127. The average molecular weight is 510 g/mol. The molecule has 0 bridgehead atoms. The summed E-state index contributed by atoms with van der Waals surface area (Å²) < 4.78 is 15.7. The van der Waals surface area contributed by atoms with Crippen LogP contribution in [0.25, 0.3) is 0 Å². The summed E-state index contributed by atoms with van der Waals surface area (Å²) in [6.45, 7) is 8.81. The third-order valence-corrected chi connectivity index (χ3v) is 3.68. The lowest BCUT2D eigenvalue weighted by Crippen LogP contribution is -2.47. The Morgan fingerprint density at radius 3 is 2.71 bits per heavy atom. The number of ether oxygens (including phenoxy) is 2. The molecule has 0 aliphatic rings. The number of amides is 1. The van der Waals surface area contributed by atoms with Gasteiger partial charge in [0.2, 0.25) is 0 Å². The van der Waals surface area contributed by atoms with Crippen LogP contribution in [0.1, 0.15) is 39.4 Å². The van der Waals surface area contributed by atoms with E-state index in [2.05, 4.69) is 34.8 Å². The van der Waals surface area contributed by atoms with Gasteiger partial charge in [0.25, 0.3) is 0 Å². The third kappa shape index (κ3) is 12.8. The van der Waals surface area contributed by atoms with Crippen LogP contribution >= 0.6 is 24.0 Å². The van der Waals surface area contributed by atoms with E-state index in [0.29, 0.717) is 38.2 Å². The zero-order valence-electron chi connectivity index (χ0n) is 17.3. The van der Waals surface area contributed by atoms with Crippen molar-refractivity contribution in [2.75, 3.05) is 33.4 Å². The smallest absolute Gasteiger partial charge is 0.407 e. The molecule has 1 aromatic heterocycles. The molecule has 0 spiro atoms. The number of furan rings is 1. The molecule has 8 nitrogen and oxygen atoms in total. The predicted molar refractivity (Wildman–Crippen MR) is 121 cm³/mol. The van der Waals surface area contributed by atoms with E-state index >= 15 is 0 Å². The summed E-state index contributed by atoms with van der Waals surface area (Å²) in [4.78, 5) is 15.9. The molecule has 0 aliphatic carbocycles.